The fourth-order valence-corrected chi connectivity index (χ4v) is 4.62. The lowest BCUT2D eigenvalue weighted by Gasteiger charge is -2.21. The molecule has 1 saturated heterocycles. The molecule has 0 spiro atoms. The van der Waals surface area contributed by atoms with E-state index in [1.807, 2.05) is 0 Å². The fourth-order valence-electron chi connectivity index (χ4n) is 3.26. The first-order chi connectivity index (χ1) is 10.2. The molecule has 1 fully saturated rings. The lowest BCUT2D eigenvalue weighted by Crippen LogP contribution is -2.34. The number of nitrogens with zero attached hydrogens (tertiary/aromatic N) is 1. The van der Waals surface area contributed by atoms with Gasteiger partial charge in [0, 0.05) is 10.8 Å². The molecule has 1 aliphatic heterocycles. The van der Waals surface area contributed by atoms with Crippen molar-refractivity contribution in [1.29, 1.82) is 5.26 Å². The molecule has 1 aromatic heterocycles. The van der Waals surface area contributed by atoms with Gasteiger partial charge in [0.25, 0.3) is 0 Å². The molecular formula is C16H21N3OS. The third-order valence-corrected chi connectivity index (χ3v) is 5.74. The molecule has 2 aliphatic rings. The summed E-state index contributed by atoms with van der Waals surface area (Å²) in [6.07, 6.45) is 4.92. The van der Waals surface area contributed by atoms with E-state index in [1.54, 1.807) is 11.3 Å². The number of nitrogens with one attached hydrogen (secondary N) is 2. The molecule has 112 valence electrons. The number of fused-ring (bicyclic) bond motifs is 1. The summed E-state index contributed by atoms with van der Waals surface area (Å²) in [7, 11) is 0. The molecule has 1 aliphatic carbocycles. The maximum atomic E-state index is 12.4. The summed E-state index contributed by atoms with van der Waals surface area (Å²) in [4.78, 5) is 13.7. The van der Waals surface area contributed by atoms with Gasteiger partial charge in [-0.15, -0.1) is 11.3 Å². The Morgan fingerprint density at radius 3 is 2.86 bits per heavy atom. The van der Waals surface area contributed by atoms with Gasteiger partial charge >= 0.3 is 0 Å². The number of hydrogen-bond acceptors (Lipinski definition) is 4. The first-order valence-corrected chi connectivity index (χ1v) is 8.57. The van der Waals surface area contributed by atoms with Crippen molar-refractivity contribution in [3.05, 3.63) is 16.0 Å². The number of hydrogen-bond donors (Lipinski definition) is 2. The van der Waals surface area contributed by atoms with Gasteiger partial charge in [-0.2, -0.15) is 5.26 Å². The molecule has 2 heterocycles. The SMILES string of the molecule is CC1CCc2c(sc(NC(=O)C3CCNCC3)c2C#N)C1. The molecule has 5 heteroatoms. The molecule has 21 heavy (non-hydrogen) atoms. The average molecular weight is 303 g/mol. The van der Waals surface area contributed by atoms with Crippen LogP contribution in [0, 0.1) is 23.2 Å². The first kappa shape index (κ1) is 14.6. The molecule has 1 amide bonds. The Morgan fingerprint density at radius 2 is 2.14 bits per heavy atom. The number of anilines is 1. The number of amides is 1. The van der Waals surface area contributed by atoms with Gasteiger partial charge in [0.1, 0.15) is 11.1 Å². The maximum absolute atomic E-state index is 12.4. The highest BCUT2D eigenvalue weighted by Crippen LogP contribution is 2.39. The van der Waals surface area contributed by atoms with Crippen LogP contribution in [0.3, 0.4) is 0 Å². The largest absolute Gasteiger partial charge is 0.317 e. The number of carbonyl (C=O) groups is 1. The van der Waals surface area contributed by atoms with Crippen molar-refractivity contribution in [2.24, 2.45) is 11.8 Å². The van der Waals surface area contributed by atoms with Crippen LogP contribution in [0.4, 0.5) is 5.00 Å². The third kappa shape index (κ3) is 2.97. The van der Waals surface area contributed by atoms with Gasteiger partial charge in [0.05, 0.1) is 5.56 Å². The Hall–Kier alpha value is -1.38. The third-order valence-electron chi connectivity index (χ3n) is 4.57. The average Bonchev–Trinajstić information content (AvgIpc) is 2.84. The molecule has 2 N–H and O–H groups in total. The minimum Gasteiger partial charge on any atom is -0.317 e. The molecule has 0 bridgehead atoms. The standard InChI is InChI=1S/C16H21N3OS/c1-10-2-3-12-13(9-17)16(21-14(12)8-10)19-15(20)11-4-6-18-7-5-11/h10-11,18H,2-8H2,1H3,(H,19,20). The van der Waals surface area contributed by atoms with E-state index in [9.17, 15) is 10.1 Å². The second kappa shape index (κ2) is 6.17. The zero-order valence-electron chi connectivity index (χ0n) is 12.4. The summed E-state index contributed by atoms with van der Waals surface area (Å²) in [5, 5.41) is 16.5. The van der Waals surface area contributed by atoms with E-state index in [0.717, 1.165) is 50.2 Å². The number of piperidine rings is 1. The van der Waals surface area contributed by atoms with Crippen LogP contribution in [0.5, 0.6) is 0 Å². The van der Waals surface area contributed by atoms with Crippen LogP contribution in [-0.4, -0.2) is 19.0 Å². The smallest absolute Gasteiger partial charge is 0.228 e. The predicted molar refractivity (Wildman–Crippen MR) is 84.4 cm³/mol. The molecule has 1 aromatic rings. The molecule has 0 aromatic carbocycles. The lowest BCUT2D eigenvalue weighted by molar-refractivity contribution is -0.120. The van der Waals surface area contributed by atoms with Crippen LogP contribution >= 0.6 is 11.3 Å². The summed E-state index contributed by atoms with van der Waals surface area (Å²) in [6, 6.07) is 2.31. The quantitative estimate of drug-likeness (QED) is 0.883. The molecule has 0 saturated carbocycles. The van der Waals surface area contributed by atoms with Gasteiger partial charge in [-0.05, 0) is 56.7 Å². The summed E-state index contributed by atoms with van der Waals surface area (Å²) < 4.78 is 0. The van der Waals surface area contributed by atoms with E-state index in [1.165, 1.54) is 10.4 Å². The van der Waals surface area contributed by atoms with Crippen molar-refractivity contribution in [3.63, 3.8) is 0 Å². The van der Waals surface area contributed by atoms with E-state index in [0.29, 0.717) is 11.5 Å². The van der Waals surface area contributed by atoms with Crippen LogP contribution in [-0.2, 0) is 17.6 Å². The van der Waals surface area contributed by atoms with Crippen LogP contribution in [0.15, 0.2) is 0 Å². The highest BCUT2D eigenvalue weighted by molar-refractivity contribution is 7.16. The summed E-state index contributed by atoms with van der Waals surface area (Å²) in [5.41, 5.74) is 1.89. The zero-order valence-corrected chi connectivity index (χ0v) is 13.2. The Bertz CT molecular complexity index is 581. The monoisotopic (exact) mass is 303 g/mol. The van der Waals surface area contributed by atoms with Crippen molar-refractivity contribution in [2.75, 3.05) is 18.4 Å². The predicted octanol–water partition coefficient (Wildman–Crippen LogP) is 2.68. The van der Waals surface area contributed by atoms with Crippen molar-refractivity contribution >= 4 is 22.2 Å². The molecule has 1 unspecified atom stereocenters. The van der Waals surface area contributed by atoms with Gasteiger partial charge in [-0.25, -0.2) is 0 Å². The highest BCUT2D eigenvalue weighted by Gasteiger charge is 2.27. The topological polar surface area (TPSA) is 64.9 Å². The van der Waals surface area contributed by atoms with Gasteiger partial charge in [0.15, 0.2) is 0 Å². The van der Waals surface area contributed by atoms with E-state index in [4.69, 9.17) is 0 Å². The molecule has 1 atom stereocenters. The van der Waals surface area contributed by atoms with Crippen LogP contribution < -0.4 is 10.6 Å². The maximum Gasteiger partial charge on any atom is 0.228 e. The minimum absolute atomic E-state index is 0.0795. The van der Waals surface area contributed by atoms with E-state index >= 15 is 0 Å². The Morgan fingerprint density at radius 1 is 1.38 bits per heavy atom. The van der Waals surface area contributed by atoms with Gasteiger partial charge < -0.3 is 10.6 Å². The van der Waals surface area contributed by atoms with Crippen molar-refractivity contribution < 1.29 is 4.79 Å². The van der Waals surface area contributed by atoms with Crippen LogP contribution in [0.25, 0.3) is 0 Å². The highest BCUT2D eigenvalue weighted by atomic mass is 32.1. The second-order valence-corrected chi connectivity index (χ2v) is 7.29. The van der Waals surface area contributed by atoms with Crippen molar-refractivity contribution in [2.45, 2.75) is 39.0 Å². The molecular weight excluding hydrogens is 282 g/mol. The number of carbonyl (C=O) groups excluding carboxylic acids is 1. The number of nitriles is 1. The number of rotatable bonds is 2. The van der Waals surface area contributed by atoms with Crippen LogP contribution in [0.1, 0.15) is 42.2 Å². The van der Waals surface area contributed by atoms with Gasteiger partial charge in [-0.1, -0.05) is 6.92 Å². The Kier molecular flexibility index (Phi) is 4.27. The van der Waals surface area contributed by atoms with Crippen LogP contribution in [0.2, 0.25) is 0 Å². The molecule has 4 nitrogen and oxygen atoms in total. The molecule has 0 radical (unpaired) electrons. The number of thiophene rings is 1. The second-order valence-electron chi connectivity index (χ2n) is 6.18. The Labute approximate surface area is 129 Å². The van der Waals surface area contributed by atoms with E-state index in [-0.39, 0.29) is 11.8 Å². The molecule has 3 rings (SSSR count). The van der Waals surface area contributed by atoms with Crippen molar-refractivity contribution in [3.8, 4) is 6.07 Å². The van der Waals surface area contributed by atoms with E-state index < -0.39 is 0 Å². The van der Waals surface area contributed by atoms with Gasteiger partial charge in [0.2, 0.25) is 5.91 Å². The normalized spacial score (nSPS) is 22.4. The fraction of sp³-hybridized carbons (Fsp3) is 0.625. The van der Waals surface area contributed by atoms with E-state index in [2.05, 4.69) is 23.6 Å². The lowest BCUT2D eigenvalue weighted by atomic mass is 9.88. The zero-order chi connectivity index (χ0) is 14.8. The minimum atomic E-state index is 0.0795. The summed E-state index contributed by atoms with van der Waals surface area (Å²) >= 11 is 1.61. The van der Waals surface area contributed by atoms with Crippen molar-refractivity contribution in [1.82, 2.24) is 5.32 Å². The first-order valence-electron chi connectivity index (χ1n) is 7.75. The Balaban J connectivity index is 1.79. The van der Waals surface area contributed by atoms with Gasteiger partial charge in [-0.3, -0.25) is 4.79 Å². The summed E-state index contributed by atoms with van der Waals surface area (Å²) in [5.74, 6) is 0.839. The summed E-state index contributed by atoms with van der Waals surface area (Å²) in [6.45, 7) is 4.06.